The van der Waals surface area contributed by atoms with Crippen LogP contribution >= 0.6 is 15.9 Å². The van der Waals surface area contributed by atoms with Crippen LogP contribution in [-0.4, -0.2) is 20.9 Å². The average Bonchev–Trinajstić information content (AvgIpc) is 2.32. The summed E-state index contributed by atoms with van der Waals surface area (Å²) in [7, 11) is 0. The van der Waals surface area contributed by atoms with Crippen molar-refractivity contribution in [1.29, 1.82) is 0 Å². The second-order valence-corrected chi connectivity index (χ2v) is 4.17. The largest absolute Gasteiger partial charge is 0.481 e. The van der Waals surface area contributed by atoms with Gasteiger partial charge in [-0.05, 0) is 36.7 Å². The first-order chi connectivity index (χ1) is 6.43. The van der Waals surface area contributed by atoms with Crippen molar-refractivity contribution in [2.45, 2.75) is 33.2 Å². The van der Waals surface area contributed by atoms with E-state index in [1.165, 1.54) is 0 Å². The zero-order chi connectivity index (χ0) is 10.9. The molecule has 1 heterocycles. The molecule has 0 bridgehead atoms. The van der Waals surface area contributed by atoms with Crippen molar-refractivity contribution in [2.75, 3.05) is 0 Å². The van der Waals surface area contributed by atoms with E-state index >= 15 is 0 Å². The van der Waals surface area contributed by atoms with Crippen LogP contribution in [0, 0.1) is 13.8 Å². The Morgan fingerprint density at radius 2 is 2.21 bits per heavy atom. The van der Waals surface area contributed by atoms with Crippen LogP contribution in [0.5, 0.6) is 0 Å². The molecule has 0 aliphatic carbocycles. The van der Waals surface area contributed by atoms with Gasteiger partial charge in [0.25, 0.3) is 0 Å². The van der Waals surface area contributed by atoms with Crippen LogP contribution < -0.4 is 0 Å². The molecule has 0 saturated carbocycles. The Kier molecular flexibility index (Phi) is 3.31. The maximum Gasteiger partial charge on any atom is 0.305 e. The normalized spacial score (nSPS) is 12.9. The lowest BCUT2D eigenvalue weighted by molar-refractivity contribution is -0.137. The SMILES string of the molecule is Cc1nn([C@H](C)CC(=O)O)c(C)c1Br. The minimum absolute atomic E-state index is 0.0917. The third-order valence-corrected chi connectivity index (χ3v) is 3.27. The van der Waals surface area contributed by atoms with Crippen LogP contribution in [-0.2, 0) is 4.79 Å². The molecule has 1 N–H and O–H groups in total. The van der Waals surface area contributed by atoms with Gasteiger partial charge in [-0.15, -0.1) is 0 Å². The van der Waals surface area contributed by atoms with E-state index in [1.54, 1.807) is 4.68 Å². The Morgan fingerprint density at radius 3 is 2.57 bits per heavy atom. The van der Waals surface area contributed by atoms with Crippen molar-refractivity contribution in [2.24, 2.45) is 0 Å². The first-order valence-electron chi connectivity index (χ1n) is 4.36. The number of aliphatic carboxylic acids is 1. The summed E-state index contributed by atoms with van der Waals surface area (Å²) in [5.41, 5.74) is 1.86. The molecule has 14 heavy (non-hydrogen) atoms. The van der Waals surface area contributed by atoms with Gasteiger partial charge in [0.05, 0.1) is 28.3 Å². The molecule has 0 saturated heterocycles. The second-order valence-electron chi connectivity index (χ2n) is 3.38. The molecule has 0 aromatic carbocycles. The molecule has 4 nitrogen and oxygen atoms in total. The van der Waals surface area contributed by atoms with Crippen molar-refractivity contribution in [3.05, 3.63) is 15.9 Å². The second kappa shape index (κ2) is 4.13. The molecule has 5 heteroatoms. The Bertz CT molecular complexity index is 360. The molecule has 0 unspecified atom stereocenters. The van der Waals surface area contributed by atoms with E-state index in [-0.39, 0.29) is 12.5 Å². The number of halogens is 1. The fourth-order valence-electron chi connectivity index (χ4n) is 1.41. The van der Waals surface area contributed by atoms with Gasteiger partial charge in [-0.1, -0.05) is 0 Å². The number of hydrogen-bond acceptors (Lipinski definition) is 2. The number of carbonyl (C=O) groups is 1. The summed E-state index contributed by atoms with van der Waals surface area (Å²) in [6, 6.07) is -0.113. The van der Waals surface area contributed by atoms with Gasteiger partial charge in [0, 0.05) is 0 Å². The molecular weight excluding hydrogens is 248 g/mol. The van der Waals surface area contributed by atoms with Gasteiger partial charge in [-0.2, -0.15) is 5.10 Å². The molecule has 0 spiro atoms. The summed E-state index contributed by atoms with van der Waals surface area (Å²) in [4.78, 5) is 10.5. The predicted octanol–water partition coefficient (Wildman–Crippen LogP) is 2.30. The molecular formula is C9H13BrN2O2. The molecule has 1 atom stereocenters. The lowest BCUT2D eigenvalue weighted by Gasteiger charge is -2.11. The van der Waals surface area contributed by atoms with Gasteiger partial charge in [-0.3, -0.25) is 9.48 Å². The van der Waals surface area contributed by atoms with E-state index in [4.69, 9.17) is 5.11 Å². The number of carboxylic acid groups (broad SMARTS) is 1. The Hall–Kier alpha value is -0.840. The first-order valence-corrected chi connectivity index (χ1v) is 5.15. The number of carboxylic acids is 1. The van der Waals surface area contributed by atoms with E-state index in [9.17, 15) is 4.79 Å². The molecule has 78 valence electrons. The summed E-state index contributed by atoms with van der Waals surface area (Å²) >= 11 is 3.40. The van der Waals surface area contributed by atoms with Gasteiger partial charge in [0.15, 0.2) is 0 Å². The number of aromatic nitrogens is 2. The average molecular weight is 261 g/mol. The minimum atomic E-state index is -0.804. The molecule has 1 rings (SSSR count). The molecule has 0 amide bonds. The minimum Gasteiger partial charge on any atom is -0.481 e. The molecule has 0 aliphatic heterocycles. The zero-order valence-electron chi connectivity index (χ0n) is 8.41. The van der Waals surface area contributed by atoms with E-state index < -0.39 is 5.97 Å². The molecule has 1 aromatic rings. The van der Waals surface area contributed by atoms with Crippen molar-refractivity contribution in [1.82, 2.24) is 9.78 Å². The van der Waals surface area contributed by atoms with Crippen molar-refractivity contribution < 1.29 is 9.90 Å². The smallest absolute Gasteiger partial charge is 0.305 e. The monoisotopic (exact) mass is 260 g/mol. The Balaban J connectivity index is 2.95. The summed E-state index contributed by atoms with van der Waals surface area (Å²) in [5, 5.41) is 12.9. The van der Waals surface area contributed by atoms with Crippen LogP contribution in [0.3, 0.4) is 0 Å². The van der Waals surface area contributed by atoms with Gasteiger partial charge in [0.2, 0.25) is 0 Å². The van der Waals surface area contributed by atoms with Crippen molar-refractivity contribution in [3.8, 4) is 0 Å². The Labute approximate surface area is 91.1 Å². The molecule has 0 aliphatic rings. The maximum absolute atomic E-state index is 10.5. The highest BCUT2D eigenvalue weighted by atomic mass is 79.9. The molecule has 0 fully saturated rings. The van der Waals surface area contributed by atoms with Crippen LogP contribution in [0.4, 0.5) is 0 Å². The summed E-state index contributed by atoms with van der Waals surface area (Å²) in [6.45, 7) is 5.66. The highest BCUT2D eigenvalue weighted by Gasteiger charge is 2.15. The van der Waals surface area contributed by atoms with Crippen LogP contribution in [0.15, 0.2) is 4.47 Å². The third-order valence-electron chi connectivity index (χ3n) is 2.12. The van der Waals surface area contributed by atoms with Crippen LogP contribution in [0.2, 0.25) is 0 Å². The highest BCUT2D eigenvalue weighted by molar-refractivity contribution is 9.10. The summed E-state index contributed by atoms with van der Waals surface area (Å²) < 4.78 is 2.70. The number of rotatable bonds is 3. The number of aryl methyl sites for hydroxylation is 1. The van der Waals surface area contributed by atoms with Crippen LogP contribution in [0.1, 0.15) is 30.8 Å². The third kappa shape index (κ3) is 2.15. The first kappa shape index (κ1) is 11.2. The standard InChI is InChI=1S/C9H13BrN2O2/c1-5(4-8(13)14)12-7(3)9(10)6(2)11-12/h5H,4H2,1-3H3,(H,13,14)/t5-/m1/s1. The zero-order valence-corrected chi connectivity index (χ0v) is 10.00. The highest BCUT2D eigenvalue weighted by Crippen LogP contribution is 2.23. The van der Waals surface area contributed by atoms with Gasteiger partial charge < -0.3 is 5.11 Å². The fourth-order valence-corrected chi connectivity index (χ4v) is 1.67. The Morgan fingerprint density at radius 1 is 1.64 bits per heavy atom. The van der Waals surface area contributed by atoms with Crippen molar-refractivity contribution in [3.63, 3.8) is 0 Å². The predicted molar refractivity (Wildman–Crippen MR) is 56.4 cm³/mol. The van der Waals surface area contributed by atoms with Gasteiger partial charge in [0.1, 0.15) is 0 Å². The maximum atomic E-state index is 10.5. The molecule has 1 aromatic heterocycles. The van der Waals surface area contributed by atoms with E-state index in [2.05, 4.69) is 21.0 Å². The van der Waals surface area contributed by atoms with Gasteiger partial charge >= 0.3 is 5.97 Å². The lowest BCUT2D eigenvalue weighted by Crippen LogP contribution is -2.13. The molecule has 0 radical (unpaired) electrons. The van der Waals surface area contributed by atoms with Crippen molar-refractivity contribution >= 4 is 21.9 Å². The number of hydrogen-bond donors (Lipinski definition) is 1. The fraction of sp³-hybridized carbons (Fsp3) is 0.556. The quantitative estimate of drug-likeness (QED) is 0.908. The van der Waals surface area contributed by atoms with Crippen LogP contribution in [0.25, 0.3) is 0 Å². The van der Waals surface area contributed by atoms with Gasteiger partial charge in [-0.25, -0.2) is 0 Å². The topological polar surface area (TPSA) is 55.1 Å². The van der Waals surface area contributed by atoms with E-state index in [1.807, 2.05) is 20.8 Å². The van der Waals surface area contributed by atoms with E-state index in [0.717, 1.165) is 15.9 Å². The van der Waals surface area contributed by atoms with E-state index in [0.29, 0.717) is 0 Å². The summed E-state index contributed by atoms with van der Waals surface area (Å²) in [5.74, 6) is -0.804. The lowest BCUT2D eigenvalue weighted by atomic mass is 10.2. The number of nitrogens with zero attached hydrogens (tertiary/aromatic N) is 2. The summed E-state index contributed by atoms with van der Waals surface area (Å²) in [6.07, 6.45) is 0.0917.